The van der Waals surface area contributed by atoms with Gasteiger partial charge in [0.15, 0.2) is 0 Å². The topological polar surface area (TPSA) is 29.1 Å². The fraction of sp³-hybridized carbons (Fsp3) is 0.929. The van der Waals surface area contributed by atoms with Crippen molar-refractivity contribution in [3.63, 3.8) is 0 Å². The molecule has 0 rings (SSSR count). The van der Waals surface area contributed by atoms with Crippen molar-refractivity contribution in [3.8, 4) is 0 Å². The Bertz CT molecular complexity index is 255. The summed E-state index contributed by atoms with van der Waals surface area (Å²) in [6, 6.07) is 0.299. The zero-order chi connectivity index (χ0) is 13.9. The highest BCUT2D eigenvalue weighted by Gasteiger charge is 2.43. The lowest BCUT2D eigenvalue weighted by atomic mass is 10.1. The Balaban J connectivity index is 5.01. The molecule has 0 bridgehead atoms. The van der Waals surface area contributed by atoms with Gasteiger partial charge in [-0.2, -0.15) is 0 Å². The average Bonchev–Trinajstić information content (AvgIpc) is 2.10. The van der Waals surface area contributed by atoms with Gasteiger partial charge in [0.1, 0.15) is 0 Å². The second-order valence-corrected chi connectivity index (χ2v) is 12.5. The van der Waals surface area contributed by atoms with Gasteiger partial charge in [-0.15, -0.1) is 0 Å². The molecule has 0 aliphatic carbocycles. The van der Waals surface area contributed by atoms with Gasteiger partial charge in [-0.1, -0.05) is 53.6 Å². The molecule has 0 saturated heterocycles. The zero-order valence-corrected chi connectivity index (χ0v) is 14.0. The molecule has 0 radical (unpaired) electrons. The van der Waals surface area contributed by atoms with Crippen molar-refractivity contribution in [3.05, 3.63) is 0 Å². The van der Waals surface area contributed by atoms with Crippen LogP contribution >= 0.6 is 0 Å². The Morgan fingerprint density at radius 2 is 1.76 bits per heavy atom. The van der Waals surface area contributed by atoms with Crippen molar-refractivity contribution in [1.82, 2.24) is 5.32 Å². The first-order valence-corrected chi connectivity index (χ1v) is 9.88. The van der Waals surface area contributed by atoms with E-state index < -0.39 is 8.07 Å². The average molecular weight is 257 g/mol. The van der Waals surface area contributed by atoms with E-state index in [0.29, 0.717) is 16.6 Å². The van der Waals surface area contributed by atoms with Crippen LogP contribution in [0.15, 0.2) is 0 Å². The molecular weight excluding hydrogens is 226 g/mol. The van der Waals surface area contributed by atoms with Crippen LogP contribution in [-0.4, -0.2) is 20.0 Å². The van der Waals surface area contributed by atoms with Gasteiger partial charge in [0, 0.05) is 13.0 Å². The summed E-state index contributed by atoms with van der Waals surface area (Å²) < 4.78 is 0. The first kappa shape index (κ1) is 16.7. The van der Waals surface area contributed by atoms with Crippen LogP contribution in [0.2, 0.25) is 23.7 Å². The molecule has 0 unspecified atom stereocenters. The van der Waals surface area contributed by atoms with Gasteiger partial charge in [0.05, 0.1) is 8.07 Å². The van der Waals surface area contributed by atoms with E-state index in [4.69, 9.17) is 0 Å². The van der Waals surface area contributed by atoms with Crippen molar-refractivity contribution >= 4 is 14.0 Å². The van der Waals surface area contributed by atoms with E-state index in [2.05, 4.69) is 53.0 Å². The van der Waals surface area contributed by atoms with E-state index in [0.717, 1.165) is 0 Å². The highest BCUT2D eigenvalue weighted by Crippen LogP contribution is 2.46. The third-order valence-electron chi connectivity index (χ3n) is 4.49. The third kappa shape index (κ3) is 4.45. The summed E-state index contributed by atoms with van der Waals surface area (Å²) in [6.07, 6.45) is 2.42. The number of amides is 1. The molecule has 0 aromatic heterocycles. The third-order valence-corrected chi connectivity index (χ3v) is 11.0. The van der Waals surface area contributed by atoms with Crippen molar-refractivity contribution in [2.75, 3.05) is 0 Å². The maximum atomic E-state index is 11.2. The summed E-state index contributed by atoms with van der Waals surface area (Å²) >= 11 is 0. The van der Waals surface area contributed by atoms with Gasteiger partial charge in [-0.3, -0.25) is 4.79 Å². The first-order chi connectivity index (χ1) is 7.54. The second-order valence-electron chi connectivity index (χ2n) is 6.86. The molecule has 0 aromatic carbocycles. The summed E-state index contributed by atoms with van der Waals surface area (Å²) in [5.74, 6) is 0.0947. The predicted octanol–water partition coefficient (Wildman–Crippen LogP) is 4.19. The zero-order valence-electron chi connectivity index (χ0n) is 13.0. The molecule has 1 amide bonds. The second kappa shape index (κ2) is 6.03. The minimum Gasteiger partial charge on any atom is -0.354 e. The summed E-state index contributed by atoms with van der Waals surface area (Å²) in [6.45, 7) is 18.0. The van der Waals surface area contributed by atoms with Crippen LogP contribution in [0.3, 0.4) is 0 Å². The van der Waals surface area contributed by atoms with Crippen LogP contribution in [0.1, 0.15) is 54.4 Å². The lowest BCUT2D eigenvalue weighted by Crippen LogP contribution is -2.50. The molecule has 2 nitrogen and oxygen atoms in total. The van der Waals surface area contributed by atoms with E-state index in [1.54, 1.807) is 6.92 Å². The van der Waals surface area contributed by atoms with E-state index >= 15 is 0 Å². The van der Waals surface area contributed by atoms with Crippen LogP contribution in [0, 0.1) is 0 Å². The van der Waals surface area contributed by atoms with Crippen molar-refractivity contribution < 1.29 is 4.79 Å². The largest absolute Gasteiger partial charge is 0.354 e. The molecule has 17 heavy (non-hydrogen) atoms. The van der Waals surface area contributed by atoms with Crippen LogP contribution in [0.4, 0.5) is 0 Å². The maximum Gasteiger partial charge on any atom is 0.217 e. The molecule has 0 heterocycles. The number of hydrogen-bond acceptors (Lipinski definition) is 1. The smallest absolute Gasteiger partial charge is 0.217 e. The Labute approximate surface area is 109 Å². The first-order valence-electron chi connectivity index (χ1n) is 6.81. The van der Waals surface area contributed by atoms with Crippen molar-refractivity contribution in [2.45, 2.75) is 84.1 Å². The highest BCUT2D eigenvalue weighted by atomic mass is 28.3. The van der Waals surface area contributed by atoms with Crippen LogP contribution < -0.4 is 5.32 Å². The molecular formula is C14H31NOSi. The standard InChI is InChI=1S/C14H31NOSi/c1-9-10-13(11(2)15-12(3)16)17(7,8)14(4,5)6/h11,13H,9-10H2,1-8H3,(H,15,16)/t11-,13+/m1/s1. The maximum absolute atomic E-state index is 11.2. The summed E-state index contributed by atoms with van der Waals surface area (Å²) in [5, 5.41) is 3.48. The molecule has 3 heteroatoms. The lowest BCUT2D eigenvalue weighted by Gasteiger charge is -2.46. The van der Waals surface area contributed by atoms with Gasteiger partial charge in [-0.25, -0.2) is 0 Å². The van der Waals surface area contributed by atoms with Crippen molar-refractivity contribution in [2.24, 2.45) is 0 Å². The van der Waals surface area contributed by atoms with Gasteiger partial charge in [-0.05, 0) is 17.5 Å². The molecule has 0 aromatic rings. The van der Waals surface area contributed by atoms with E-state index in [9.17, 15) is 4.79 Å². The molecule has 102 valence electrons. The molecule has 1 N–H and O–H groups in total. The number of hydrogen-bond donors (Lipinski definition) is 1. The van der Waals surface area contributed by atoms with Gasteiger partial charge in [0.25, 0.3) is 0 Å². The van der Waals surface area contributed by atoms with E-state index in [1.807, 2.05) is 0 Å². The van der Waals surface area contributed by atoms with Crippen LogP contribution in [0.5, 0.6) is 0 Å². The normalized spacial score (nSPS) is 16.5. The fourth-order valence-corrected chi connectivity index (χ4v) is 5.98. The molecule has 0 aliphatic heterocycles. The summed E-state index contributed by atoms with van der Waals surface area (Å²) in [5.41, 5.74) is 0.649. The number of carbonyl (C=O) groups excluding carboxylic acids is 1. The summed E-state index contributed by atoms with van der Waals surface area (Å²) in [7, 11) is -1.40. The monoisotopic (exact) mass is 257 g/mol. The number of carbonyl (C=O) groups is 1. The fourth-order valence-electron chi connectivity index (χ4n) is 2.52. The van der Waals surface area contributed by atoms with Gasteiger partial charge in [0.2, 0.25) is 5.91 Å². The Morgan fingerprint density at radius 1 is 1.29 bits per heavy atom. The summed E-state index contributed by atoms with van der Waals surface area (Å²) in [4.78, 5) is 11.2. The minimum absolute atomic E-state index is 0.0947. The highest BCUT2D eigenvalue weighted by molar-refractivity contribution is 6.81. The SMILES string of the molecule is CCC[C@@H]([C@@H](C)NC(C)=O)[Si](C)(C)C(C)(C)C. The molecule has 0 fully saturated rings. The Kier molecular flexibility index (Phi) is 5.92. The quantitative estimate of drug-likeness (QED) is 0.735. The van der Waals surface area contributed by atoms with Crippen LogP contribution in [0.25, 0.3) is 0 Å². The van der Waals surface area contributed by atoms with Crippen molar-refractivity contribution in [1.29, 1.82) is 0 Å². The number of rotatable bonds is 5. The lowest BCUT2D eigenvalue weighted by molar-refractivity contribution is -0.119. The molecule has 0 saturated carbocycles. The molecule has 0 spiro atoms. The predicted molar refractivity (Wildman–Crippen MR) is 79.1 cm³/mol. The molecule has 0 aliphatic rings. The van der Waals surface area contributed by atoms with E-state index in [-0.39, 0.29) is 5.91 Å². The Hall–Kier alpha value is -0.313. The van der Waals surface area contributed by atoms with Gasteiger partial charge < -0.3 is 5.32 Å². The number of nitrogens with one attached hydrogen (secondary N) is 1. The van der Waals surface area contributed by atoms with Gasteiger partial charge >= 0.3 is 0 Å². The van der Waals surface area contributed by atoms with E-state index in [1.165, 1.54) is 12.8 Å². The Morgan fingerprint density at radius 3 is 2.06 bits per heavy atom. The van der Waals surface area contributed by atoms with Crippen LogP contribution in [-0.2, 0) is 4.79 Å². The molecule has 2 atom stereocenters. The minimum atomic E-state index is -1.40.